The van der Waals surface area contributed by atoms with Crippen LogP contribution < -0.4 is 4.74 Å². The molecule has 0 heterocycles. The predicted molar refractivity (Wildman–Crippen MR) is 103 cm³/mol. The molecule has 3 heteroatoms. The van der Waals surface area contributed by atoms with Crippen molar-refractivity contribution in [2.24, 2.45) is 17.3 Å². The maximum Gasteiger partial charge on any atom is 0.200 e. The molecule has 3 rings (SSSR count). The van der Waals surface area contributed by atoms with Gasteiger partial charge < -0.3 is 4.74 Å². The standard InChI is InChI=1S/C23H34F2O/c1-4-15-26-20-10-9-19(21(24)22(20)25)18-7-5-16(6-8-18)17-11-13-23(2,3)14-12-17/h9-10,16-18H,4-8,11-15H2,1-3H3. The van der Waals surface area contributed by atoms with E-state index in [0.29, 0.717) is 17.6 Å². The normalized spacial score (nSPS) is 26.7. The summed E-state index contributed by atoms with van der Waals surface area (Å²) in [6.45, 7) is 7.13. The summed E-state index contributed by atoms with van der Waals surface area (Å²) < 4.78 is 34.1. The number of benzene rings is 1. The molecule has 0 atom stereocenters. The van der Waals surface area contributed by atoms with Crippen molar-refractivity contribution in [2.45, 2.75) is 84.5 Å². The highest BCUT2D eigenvalue weighted by atomic mass is 19.2. The Morgan fingerprint density at radius 2 is 1.54 bits per heavy atom. The Bertz CT molecular complexity index is 592. The third kappa shape index (κ3) is 4.40. The summed E-state index contributed by atoms with van der Waals surface area (Å²) in [7, 11) is 0. The highest BCUT2D eigenvalue weighted by Crippen LogP contribution is 2.47. The molecule has 2 aliphatic rings. The maximum atomic E-state index is 14.6. The van der Waals surface area contributed by atoms with Gasteiger partial charge in [-0.05, 0) is 92.6 Å². The molecule has 0 unspecified atom stereocenters. The van der Waals surface area contributed by atoms with Gasteiger partial charge in [-0.3, -0.25) is 0 Å². The van der Waals surface area contributed by atoms with E-state index >= 15 is 0 Å². The molecular formula is C23H34F2O. The van der Waals surface area contributed by atoms with Gasteiger partial charge in [-0.2, -0.15) is 4.39 Å². The van der Waals surface area contributed by atoms with Crippen LogP contribution in [0.5, 0.6) is 5.75 Å². The lowest BCUT2D eigenvalue weighted by Crippen LogP contribution is -2.28. The van der Waals surface area contributed by atoms with Crippen molar-refractivity contribution in [3.63, 3.8) is 0 Å². The quantitative estimate of drug-likeness (QED) is 0.535. The van der Waals surface area contributed by atoms with Crippen LogP contribution in [-0.4, -0.2) is 6.61 Å². The van der Waals surface area contributed by atoms with Crippen molar-refractivity contribution >= 4 is 0 Å². The van der Waals surface area contributed by atoms with E-state index in [1.165, 1.54) is 25.7 Å². The smallest absolute Gasteiger partial charge is 0.200 e. The molecule has 0 aliphatic heterocycles. The zero-order valence-corrected chi connectivity index (χ0v) is 16.6. The molecule has 1 aromatic rings. The van der Waals surface area contributed by atoms with E-state index in [2.05, 4.69) is 13.8 Å². The summed E-state index contributed by atoms with van der Waals surface area (Å²) in [6.07, 6.45) is 10.4. The van der Waals surface area contributed by atoms with Crippen LogP contribution >= 0.6 is 0 Å². The molecular weight excluding hydrogens is 330 g/mol. The Hall–Kier alpha value is -1.12. The SMILES string of the molecule is CCCOc1ccc(C2CCC(C3CCC(C)(C)CC3)CC2)c(F)c1F. The molecule has 2 saturated carbocycles. The number of halogens is 2. The van der Waals surface area contributed by atoms with Gasteiger partial charge in [-0.25, -0.2) is 4.39 Å². The molecule has 1 aromatic carbocycles. The summed E-state index contributed by atoms with van der Waals surface area (Å²) in [4.78, 5) is 0. The molecule has 0 spiro atoms. The molecule has 146 valence electrons. The molecule has 2 fully saturated rings. The highest BCUT2D eigenvalue weighted by Gasteiger charge is 2.34. The second-order valence-corrected chi connectivity index (χ2v) is 9.24. The Labute approximate surface area is 157 Å². The molecule has 0 radical (unpaired) electrons. The summed E-state index contributed by atoms with van der Waals surface area (Å²) in [6, 6.07) is 3.36. The maximum absolute atomic E-state index is 14.6. The zero-order valence-electron chi connectivity index (χ0n) is 16.6. The van der Waals surface area contributed by atoms with E-state index in [-0.39, 0.29) is 11.7 Å². The Balaban J connectivity index is 1.59. The molecule has 0 N–H and O–H groups in total. The average Bonchev–Trinajstić information content (AvgIpc) is 2.63. The van der Waals surface area contributed by atoms with Crippen LogP contribution in [0.25, 0.3) is 0 Å². The third-order valence-corrected chi connectivity index (χ3v) is 6.80. The van der Waals surface area contributed by atoms with Gasteiger partial charge in [-0.1, -0.05) is 26.8 Å². The van der Waals surface area contributed by atoms with Crippen LogP contribution in [0.4, 0.5) is 8.78 Å². The van der Waals surface area contributed by atoms with Gasteiger partial charge in [0.25, 0.3) is 0 Å². The van der Waals surface area contributed by atoms with Crippen LogP contribution in [0.2, 0.25) is 0 Å². The van der Waals surface area contributed by atoms with Crippen LogP contribution in [0.1, 0.15) is 90.0 Å². The van der Waals surface area contributed by atoms with Gasteiger partial charge in [0.15, 0.2) is 11.6 Å². The van der Waals surface area contributed by atoms with Gasteiger partial charge in [0, 0.05) is 0 Å². The first kappa shape index (κ1) is 19.6. The van der Waals surface area contributed by atoms with Gasteiger partial charge in [0.1, 0.15) is 0 Å². The topological polar surface area (TPSA) is 9.23 Å². The monoisotopic (exact) mass is 364 g/mol. The van der Waals surface area contributed by atoms with Crippen molar-refractivity contribution < 1.29 is 13.5 Å². The van der Waals surface area contributed by atoms with Crippen molar-refractivity contribution in [1.29, 1.82) is 0 Å². The van der Waals surface area contributed by atoms with Gasteiger partial charge in [0.2, 0.25) is 5.82 Å². The second kappa shape index (κ2) is 8.27. The first-order chi connectivity index (χ1) is 12.4. The fourth-order valence-corrected chi connectivity index (χ4v) is 4.98. The second-order valence-electron chi connectivity index (χ2n) is 9.24. The molecule has 0 aromatic heterocycles. The van der Waals surface area contributed by atoms with Crippen molar-refractivity contribution in [3.05, 3.63) is 29.3 Å². The van der Waals surface area contributed by atoms with Crippen LogP contribution in [-0.2, 0) is 0 Å². The Morgan fingerprint density at radius 3 is 2.15 bits per heavy atom. The minimum absolute atomic E-state index is 0.0478. The first-order valence-electron chi connectivity index (χ1n) is 10.5. The van der Waals surface area contributed by atoms with E-state index in [0.717, 1.165) is 43.9 Å². The molecule has 0 bridgehead atoms. The van der Waals surface area contributed by atoms with Crippen LogP contribution in [0.15, 0.2) is 12.1 Å². The van der Waals surface area contributed by atoms with Crippen molar-refractivity contribution in [3.8, 4) is 5.75 Å². The Morgan fingerprint density at radius 1 is 0.923 bits per heavy atom. The van der Waals surface area contributed by atoms with E-state index in [4.69, 9.17) is 4.74 Å². The van der Waals surface area contributed by atoms with E-state index in [9.17, 15) is 8.78 Å². The third-order valence-electron chi connectivity index (χ3n) is 6.80. The summed E-state index contributed by atoms with van der Waals surface area (Å²) in [5, 5.41) is 0. The summed E-state index contributed by atoms with van der Waals surface area (Å²) >= 11 is 0. The van der Waals surface area contributed by atoms with Gasteiger partial charge in [0.05, 0.1) is 6.61 Å². The predicted octanol–water partition coefficient (Wildman–Crippen LogP) is 7.24. The van der Waals surface area contributed by atoms with Gasteiger partial charge in [-0.15, -0.1) is 0 Å². The lowest BCUT2D eigenvalue weighted by Gasteiger charge is -2.40. The molecule has 26 heavy (non-hydrogen) atoms. The Kier molecular flexibility index (Phi) is 6.25. The lowest BCUT2D eigenvalue weighted by molar-refractivity contribution is 0.122. The molecule has 0 amide bonds. The summed E-state index contributed by atoms with van der Waals surface area (Å²) in [5.41, 5.74) is 1.06. The van der Waals surface area contributed by atoms with Crippen LogP contribution in [0.3, 0.4) is 0 Å². The largest absolute Gasteiger partial charge is 0.490 e. The number of ether oxygens (including phenoxy) is 1. The zero-order chi connectivity index (χ0) is 18.7. The van der Waals surface area contributed by atoms with E-state index in [1.807, 2.05) is 6.92 Å². The van der Waals surface area contributed by atoms with Crippen molar-refractivity contribution in [2.75, 3.05) is 6.61 Å². The van der Waals surface area contributed by atoms with Crippen molar-refractivity contribution in [1.82, 2.24) is 0 Å². The minimum atomic E-state index is -0.812. The molecule has 1 nitrogen and oxygen atoms in total. The molecule has 2 aliphatic carbocycles. The number of rotatable bonds is 5. The summed E-state index contributed by atoms with van der Waals surface area (Å²) in [5.74, 6) is 0.319. The number of hydrogen-bond acceptors (Lipinski definition) is 1. The molecule has 0 saturated heterocycles. The lowest BCUT2D eigenvalue weighted by atomic mass is 9.65. The fourth-order valence-electron chi connectivity index (χ4n) is 4.98. The highest BCUT2D eigenvalue weighted by molar-refractivity contribution is 5.33. The van der Waals surface area contributed by atoms with Crippen LogP contribution in [0, 0.1) is 28.9 Å². The first-order valence-corrected chi connectivity index (χ1v) is 10.5. The van der Waals surface area contributed by atoms with E-state index < -0.39 is 11.6 Å². The van der Waals surface area contributed by atoms with Gasteiger partial charge >= 0.3 is 0 Å². The number of hydrogen-bond donors (Lipinski definition) is 0. The van der Waals surface area contributed by atoms with E-state index in [1.54, 1.807) is 12.1 Å². The minimum Gasteiger partial charge on any atom is -0.490 e. The fraction of sp³-hybridized carbons (Fsp3) is 0.739. The average molecular weight is 365 g/mol.